The molecule has 5 nitrogen and oxygen atoms in total. The van der Waals surface area contributed by atoms with Crippen LogP contribution in [0.2, 0.25) is 0 Å². The molecule has 2 N–H and O–H groups in total. The van der Waals surface area contributed by atoms with Crippen molar-refractivity contribution in [3.63, 3.8) is 0 Å². The number of ether oxygens (including phenoxy) is 1. The summed E-state index contributed by atoms with van der Waals surface area (Å²) in [6.45, 7) is 1.50. The van der Waals surface area contributed by atoms with Crippen LogP contribution in [0.4, 0.5) is 4.79 Å². The number of alkyl carbamates (subject to hydrolysis) is 1. The first-order valence-corrected chi connectivity index (χ1v) is 7.25. The number of hydrogen-bond donors (Lipinski definition) is 2. The van der Waals surface area contributed by atoms with Crippen molar-refractivity contribution in [3.05, 3.63) is 59.7 Å². The summed E-state index contributed by atoms with van der Waals surface area (Å²) in [4.78, 5) is 22.5. The lowest BCUT2D eigenvalue weighted by molar-refractivity contribution is -0.138. The van der Waals surface area contributed by atoms with Gasteiger partial charge in [-0.1, -0.05) is 36.4 Å². The number of amides is 1. The number of benzene rings is 1. The topological polar surface area (TPSA) is 75.6 Å². The van der Waals surface area contributed by atoms with Gasteiger partial charge in [0.25, 0.3) is 0 Å². The maximum atomic E-state index is 11.7. The quantitative estimate of drug-likeness (QED) is 0.910. The minimum absolute atomic E-state index is 0.121. The largest absolute Gasteiger partial charge is 0.480 e. The molecule has 0 saturated heterocycles. The summed E-state index contributed by atoms with van der Waals surface area (Å²) in [7, 11) is 0. The van der Waals surface area contributed by atoms with Gasteiger partial charge in [-0.2, -0.15) is 0 Å². The Balaban J connectivity index is 1.76. The lowest BCUT2D eigenvalue weighted by atomic mass is 9.99. The number of carbonyl (C=O) groups excluding carboxylic acids is 1. The molecule has 1 amide bonds. The van der Waals surface area contributed by atoms with Gasteiger partial charge in [0.05, 0.1) is 5.92 Å². The van der Waals surface area contributed by atoms with E-state index in [2.05, 4.69) is 17.4 Å². The molecule has 2 aromatic rings. The maximum Gasteiger partial charge on any atom is 0.407 e. The fourth-order valence-electron chi connectivity index (χ4n) is 2.73. The van der Waals surface area contributed by atoms with Crippen molar-refractivity contribution in [2.24, 2.45) is 0 Å². The van der Waals surface area contributed by atoms with Crippen molar-refractivity contribution in [3.8, 4) is 11.1 Å². The fraction of sp³-hybridized carbons (Fsp3) is 0.222. The molecule has 2 aromatic carbocycles. The zero-order valence-corrected chi connectivity index (χ0v) is 12.5. The van der Waals surface area contributed by atoms with Gasteiger partial charge >= 0.3 is 12.1 Å². The van der Waals surface area contributed by atoms with E-state index in [1.54, 1.807) is 6.07 Å². The standard InChI is InChI=1S/C18H15NO4/c1-11(17(20)21)19-18(22)23-10-16-14-8-4-2-6-12(14)13-7-3-5-9-15(13)16/h2-4,6-8,11,16H,10H2,1H3,(H,19,22)(H,20,21). The molecule has 116 valence electrons. The Hall–Kier alpha value is -3.00. The first-order chi connectivity index (χ1) is 11.1. The molecular weight excluding hydrogens is 294 g/mol. The molecule has 0 spiro atoms. The number of carbonyl (C=O) groups is 2. The van der Waals surface area contributed by atoms with Crippen LogP contribution in [-0.4, -0.2) is 29.8 Å². The first kappa shape index (κ1) is 14.9. The highest BCUT2D eigenvalue weighted by molar-refractivity contribution is 5.80. The minimum Gasteiger partial charge on any atom is -0.480 e. The van der Waals surface area contributed by atoms with E-state index >= 15 is 0 Å². The first-order valence-electron chi connectivity index (χ1n) is 7.25. The zero-order chi connectivity index (χ0) is 16.4. The number of fused-ring (bicyclic) bond motifs is 3. The van der Waals surface area contributed by atoms with E-state index in [1.807, 2.05) is 30.3 Å². The van der Waals surface area contributed by atoms with Gasteiger partial charge in [-0.15, -0.1) is 0 Å². The van der Waals surface area contributed by atoms with E-state index in [0.29, 0.717) is 0 Å². The molecule has 0 heterocycles. The SMILES string of the molecule is CC(NC(=O)OCC1c2c#cccc2-c2ccccc21)C(=O)O. The van der Waals surface area contributed by atoms with E-state index in [0.717, 1.165) is 22.3 Å². The van der Waals surface area contributed by atoms with E-state index in [9.17, 15) is 9.59 Å². The van der Waals surface area contributed by atoms with Crippen LogP contribution in [0.1, 0.15) is 24.0 Å². The van der Waals surface area contributed by atoms with Gasteiger partial charge in [-0.25, -0.2) is 4.79 Å². The monoisotopic (exact) mass is 309 g/mol. The molecule has 2 unspecified atom stereocenters. The van der Waals surface area contributed by atoms with Crippen molar-refractivity contribution in [2.75, 3.05) is 6.61 Å². The summed E-state index contributed by atoms with van der Waals surface area (Å²) in [6.07, 6.45) is -0.745. The molecule has 0 aliphatic heterocycles. The van der Waals surface area contributed by atoms with Crippen LogP contribution in [-0.2, 0) is 9.53 Å². The Kier molecular flexibility index (Phi) is 3.90. The average Bonchev–Trinajstić information content (AvgIpc) is 2.87. The lowest BCUT2D eigenvalue weighted by Gasteiger charge is -2.14. The summed E-state index contributed by atoms with van der Waals surface area (Å²) in [5, 5.41) is 11.1. The molecule has 2 atom stereocenters. The molecular formula is C18H15NO4. The molecule has 0 bridgehead atoms. The third kappa shape index (κ3) is 2.84. The van der Waals surface area contributed by atoms with E-state index in [-0.39, 0.29) is 12.5 Å². The van der Waals surface area contributed by atoms with Crippen molar-refractivity contribution in [1.82, 2.24) is 5.32 Å². The smallest absolute Gasteiger partial charge is 0.407 e. The lowest BCUT2D eigenvalue weighted by Crippen LogP contribution is -2.39. The predicted octanol–water partition coefficient (Wildman–Crippen LogP) is 2.60. The van der Waals surface area contributed by atoms with Gasteiger partial charge in [-0.05, 0) is 35.7 Å². The second-order valence-electron chi connectivity index (χ2n) is 5.37. The van der Waals surface area contributed by atoms with Crippen LogP contribution in [0, 0.1) is 12.1 Å². The van der Waals surface area contributed by atoms with Gasteiger partial charge in [-0.3, -0.25) is 4.79 Å². The van der Waals surface area contributed by atoms with Gasteiger partial charge in [0, 0.05) is 5.56 Å². The van der Waals surface area contributed by atoms with Crippen LogP contribution >= 0.6 is 0 Å². The second-order valence-corrected chi connectivity index (χ2v) is 5.37. The molecule has 23 heavy (non-hydrogen) atoms. The number of carboxylic acids is 1. The highest BCUT2D eigenvalue weighted by Crippen LogP contribution is 2.43. The molecule has 0 fully saturated rings. The highest BCUT2D eigenvalue weighted by Gasteiger charge is 2.29. The zero-order valence-electron chi connectivity index (χ0n) is 12.5. The maximum absolute atomic E-state index is 11.7. The normalized spacial score (nSPS) is 13.4. The summed E-state index contributed by atoms with van der Waals surface area (Å²) >= 11 is 0. The van der Waals surface area contributed by atoms with E-state index < -0.39 is 18.1 Å². The van der Waals surface area contributed by atoms with Crippen molar-refractivity contribution in [1.29, 1.82) is 0 Å². The Morgan fingerprint density at radius 1 is 1.30 bits per heavy atom. The van der Waals surface area contributed by atoms with E-state index in [1.165, 1.54) is 6.92 Å². The number of carboxylic acid groups (broad SMARTS) is 1. The number of aliphatic carboxylic acids is 1. The number of hydrogen-bond acceptors (Lipinski definition) is 3. The number of rotatable bonds is 4. The fourth-order valence-corrected chi connectivity index (χ4v) is 2.73. The summed E-state index contributed by atoms with van der Waals surface area (Å²) in [5.74, 6) is -1.23. The van der Waals surface area contributed by atoms with Crippen LogP contribution in [0.15, 0.2) is 36.4 Å². The Labute approximate surface area is 133 Å². The minimum atomic E-state index is -1.11. The molecule has 0 aromatic heterocycles. The molecule has 0 radical (unpaired) electrons. The van der Waals surface area contributed by atoms with Gasteiger partial charge in [0.2, 0.25) is 0 Å². The van der Waals surface area contributed by atoms with Crippen LogP contribution in [0.3, 0.4) is 0 Å². The molecule has 1 aliphatic carbocycles. The summed E-state index contributed by atoms with van der Waals surface area (Å²) in [6, 6.07) is 16.7. The summed E-state index contributed by atoms with van der Waals surface area (Å²) in [5.41, 5.74) is 4.16. The highest BCUT2D eigenvalue weighted by atomic mass is 16.5. The van der Waals surface area contributed by atoms with Crippen molar-refractivity contribution in [2.45, 2.75) is 18.9 Å². The molecule has 0 saturated carbocycles. The molecule has 3 rings (SSSR count). The van der Waals surface area contributed by atoms with Crippen molar-refractivity contribution < 1.29 is 19.4 Å². The Bertz CT molecular complexity index is 711. The second kappa shape index (κ2) is 6.01. The van der Waals surface area contributed by atoms with Crippen LogP contribution < -0.4 is 5.32 Å². The Morgan fingerprint density at radius 3 is 2.87 bits per heavy atom. The Morgan fingerprint density at radius 2 is 2.09 bits per heavy atom. The van der Waals surface area contributed by atoms with Gasteiger partial charge < -0.3 is 15.2 Å². The number of nitrogens with one attached hydrogen (secondary N) is 1. The third-order valence-electron chi connectivity index (χ3n) is 3.89. The van der Waals surface area contributed by atoms with Gasteiger partial charge in [0.15, 0.2) is 0 Å². The predicted molar refractivity (Wildman–Crippen MR) is 83.0 cm³/mol. The van der Waals surface area contributed by atoms with Crippen LogP contribution in [0.25, 0.3) is 11.1 Å². The average molecular weight is 309 g/mol. The summed E-state index contributed by atoms with van der Waals surface area (Å²) < 4.78 is 5.21. The third-order valence-corrected chi connectivity index (χ3v) is 3.89. The molecule has 1 aliphatic rings. The van der Waals surface area contributed by atoms with Crippen molar-refractivity contribution >= 4 is 12.1 Å². The molecule has 5 heteroatoms. The van der Waals surface area contributed by atoms with E-state index in [4.69, 9.17) is 9.84 Å². The van der Waals surface area contributed by atoms with Crippen LogP contribution in [0.5, 0.6) is 0 Å². The van der Waals surface area contributed by atoms with Gasteiger partial charge in [0.1, 0.15) is 12.6 Å².